The molecule has 0 saturated heterocycles. The van der Waals surface area contributed by atoms with Crippen LogP contribution in [-0.4, -0.2) is 11.3 Å². The molecule has 1 N–H and O–H groups in total. The molecule has 1 atom stereocenters. The van der Waals surface area contributed by atoms with E-state index in [4.69, 9.17) is 18.6 Å². The Labute approximate surface area is 204 Å². The van der Waals surface area contributed by atoms with Crippen molar-refractivity contribution in [1.29, 1.82) is 0 Å². The topological polar surface area (TPSA) is 32.6 Å². The molecule has 0 aliphatic heterocycles. The van der Waals surface area contributed by atoms with Crippen molar-refractivity contribution in [2.45, 2.75) is 40.0 Å². The number of benzene rings is 3. The van der Waals surface area contributed by atoms with Gasteiger partial charge < -0.3 is 5.11 Å². The molecule has 0 aliphatic rings. The summed E-state index contributed by atoms with van der Waals surface area (Å²) < 4.78 is 0. The fourth-order valence-corrected chi connectivity index (χ4v) is 4.45. The van der Waals surface area contributed by atoms with E-state index in [-0.39, 0.29) is 5.41 Å². The molecule has 0 fully saturated rings. The first-order valence-corrected chi connectivity index (χ1v) is 15.2. The molecule has 0 aliphatic carbocycles. The summed E-state index contributed by atoms with van der Waals surface area (Å²) in [7, 11) is 10.1. The van der Waals surface area contributed by atoms with Gasteiger partial charge in [0.25, 0.3) is 0 Å². The molecule has 3 rings (SSSR count). The maximum absolute atomic E-state index is 10.7. The summed E-state index contributed by atoms with van der Waals surface area (Å²) in [5.41, 5.74) is 5.48. The van der Waals surface area contributed by atoms with Crippen LogP contribution >= 0.6 is 27.2 Å². The first-order chi connectivity index (χ1) is 14.7. The molecule has 0 heterocycles. The van der Waals surface area contributed by atoms with Gasteiger partial charge in [0.15, 0.2) is 0 Å². The van der Waals surface area contributed by atoms with E-state index in [0.29, 0.717) is 14.3 Å². The van der Waals surface area contributed by atoms with Crippen LogP contribution < -0.4 is 10.6 Å². The first-order valence-electron chi connectivity index (χ1n) is 9.93. The number of nitrogens with zero attached hydrogens (tertiary/aromatic N) is 1. The van der Waals surface area contributed by atoms with Crippen LogP contribution in [0.25, 0.3) is 0 Å². The number of rotatable bonds is 4. The monoisotopic (exact) mass is 507 g/mol. The predicted molar refractivity (Wildman–Crippen MR) is 136 cm³/mol. The SMILES string of the molecule is Cc1cc(C(C)(C)C)cc(Pc2c(C)cccc2C=Nc2ccccc2)c1O.[Cl][Ti][Cl]. The van der Waals surface area contributed by atoms with Gasteiger partial charge in [-0.2, -0.15) is 0 Å². The summed E-state index contributed by atoms with van der Waals surface area (Å²) in [6.07, 6.45) is 1.93. The Morgan fingerprint density at radius 2 is 1.58 bits per heavy atom. The van der Waals surface area contributed by atoms with Gasteiger partial charge in [-0.05, 0) is 59.5 Å². The molecule has 0 radical (unpaired) electrons. The van der Waals surface area contributed by atoms with E-state index >= 15 is 0 Å². The molecule has 6 heteroatoms. The molecule has 0 aromatic heterocycles. The number of phenolic OH excluding ortho intramolecular Hbond substituents is 1. The summed E-state index contributed by atoms with van der Waals surface area (Å²) in [5, 5.41) is 12.9. The Morgan fingerprint density at radius 3 is 2.19 bits per heavy atom. The number of aromatic hydroxyl groups is 1. The minimum atomic E-state index is -0.556. The van der Waals surface area contributed by atoms with Crippen molar-refractivity contribution in [3.8, 4) is 5.75 Å². The van der Waals surface area contributed by atoms with Crippen LogP contribution in [-0.2, 0) is 22.4 Å². The molecule has 3 aromatic rings. The van der Waals surface area contributed by atoms with Crippen LogP contribution in [0.5, 0.6) is 5.75 Å². The Morgan fingerprint density at radius 1 is 0.935 bits per heavy atom. The fraction of sp³-hybridized carbons (Fsp3) is 0.240. The van der Waals surface area contributed by atoms with Gasteiger partial charge in [-0.3, -0.25) is 4.99 Å². The molecule has 0 saturated carbocycles. The van der Waals surface area contributed by atoms with Gasteiger partial charge in [0.05, 0.1) is 5.69 Å². The van der Waals surface area contributed by atoms with E-state index in [0.717, 1.165) is 22.1 Å². The third-order valence-corrected chi connectivity index (χ3v) is 6.42. The third kappa shape index (κ3) is 7.74. The second-order valence-electron chi connectivity index (χ2n) is 8.27. The van der Waals surface area contributed by atoms with Crippen LogP contribution in [0.2, 0.25) is 0 Å². The summed E-state index contributed by atoms with van der Waals surface area (Å²) >= 11 is -0.556. The number of halogens is 2. The quantitative estimate of drug-likeness (QED) is 0.229. The van der Waals surface area contributed by atoms with Crippen molar-refractivity contribution in [3.63, 3.8) is 0 Å². The average Bonchev–Trinajstić information content (AvgIpc) is 2.72. The van der Waals surface area contributed by atoms with E-state index in [1.165, 1.54) is 16.4 Å². The van der Waals surface area contributed by atoms with E-state index in [1.54, 1.807) is 0 Å². The minimum absolute atomic E-state index is 0.0427. The van der Waals surface area contributed by atoms with Crippen LogP contribution in [0.4, 0.5) is 5.69 Å². The molecular formula is C25H28Cl2NOPTi. The number of hydrogen-bond acceptors (Lipinski definition) is 2. The van der Waals surface area contributed by atoms with E-state index in [9.17, 15) is 5.11 Å². The van der Waals surface area contributed by atoms with E-state index in [1.807, 2.05) is 43.5 Å². The zero-order chi connectivity index (χ0) is 23.0. The summed E-state index contributed by atoms with van der Waals surface area (Å²) in [5.74, 6) is 0.403. The van der Waals surface area contributed by atoms with Crippen molar-refractivity contribution in [2.24, 2.45) is 4.99 Å². The third-order valence-electron chi connectivity index (χ3n) is 4.84. The number of phenols is 1. The number of para-hydroxylation sites is 1. The van der Waals surface area contributed by atoms with Crippen molar-refractivity contribution >= 4 is 49.7 Å². The van der Waals surface area contributed by atoms with Gasteiger partial charge in [-0.15, -0.1) is 0 Å². The summed E-state index contributed by atoms with van der Waals surface area (Å²) in [4.78, 5) is 4.63. The molecule has 0 spiro atoms. The molecule has 31 heavy (non-hydrogen) atoms. The van der Waals surface area contributed by atoms with Crippen molar-refractivity contribution in [2.75, 3.05) is 0 Å². The van der Waals surface area contributed by atoms with Crippen molar-refractivity contribution < 1.29 is 22.1 Å². The van der Waals surface area contributed by atoms with Crippen LogP contribution in [0, 0.1) is 13.8 Å². The van der Waals surface area contributed by atoms with Gasteiger partial charge in [0, 0.05) is 17.1 Å². The Kier molecular flexibility index (Phi) is 10.3. The fourth-order valence-electron chi connectivity index (χ4n) is 3.07. The second-order valence-corrected chi connectivity index (χ2v) is 12.1. The number of aliphatic imine (C=N–C) groups is 1. The molecule has 2 nitrogen and oxygen atoms in total. The van der Waals surface area contributed by atoms with Crippen LogP contribution in [0.3, 0.4) is 0 Å². The molecule has 1 unspecified atom stereocenters. The first kappa shape index (κ1) is 26.1. The zero-order valence-electron chi connectivity index (χ0n) is 18.5. The average molecular weight is 508 g/mol. The molecule has 0 bridgehead atoms. The number of hydrogen-bond donors (Lipinski definition) is 1. The molecule has 3 aromatic carbocycles. The number of aryl methyl sites for hydroxylation is 2. The summed E-state index contributed by atoms with van der Waals surface area (Å²) in [6.45, 7) is 10.7. The Balaban J connectivity index is 0.00000107. The molecule has 0 amide bonds. The second kappa shape index (κ2) is 12.2. The van der Waals surface area contributed by atoms with E-state index < -0.39 is 17.0 Å². The van der Waals surface area contributed by atoms with Gasteiger partial charge in [-0.25, -0.2) is 0 Å². The normalized spacial score (nSPS) is 11.6. The van der Waals surface area contributed by atoms with Crippen molar-refractivity contribution in [3.05, 3.63) is 82.9 Å². The van der Waals surface area contributed by atoms with Crippen molar-refractivity contribution in [1.82, 2.24) is 0 Å². The Bertz CT molecular complexity index is 1030. The van der Waals surface area contributed by atoms with Crippen LogP contribution in [0.1, 0.15) is 43.0 Å². The molecular weight excluding hydrogens is 480 g/mol. The van der Waals surface area contributed by atoms with Gasteiger partial charge >= 0.3 is 35.6 Å². The van der Waals surface area contributed by atoms with Crippen LogP contribution in [0.15, 0.2) is 65.7 Å². The maximum atomic E-state index is 10.7. The standard InChI is InChI=1S/C25H28NOP.2ClH.Ti/c1-17-10-9-11-19(16-26-21-12-7-6-8-13-21)24(17)28-22-15-20(25(3,4)5)14-18(2)23(22)27;;;/h6-16,27-28H,1-5H3;2*1H;/q;;;+2/p-2. The van der Waals surface area contributed by atoms with Gasteiger partial charge in [0.1, 0.15) is 5.75 Å². The van der Waals surface area contributed by atoms with Gasteiger partial charge in [0.2, 0.25) is 0 Å². The van der Waals surface area contributed by atoms with E-state index in [2.05, 4.69) is 63.0 Å². The Hall–Kier alpha value is -1.15. The molecule has 162 valence electrons. The zero-order valence-corrected chi connectivity index (χ0v) is 22.6. The van der Waals surface area contributed by atoms with Gasteiger partial charge in [-0.1, -0.05) is 71.8 Å². The summed E-state index contributed by atoms with van der Waals surface area (Å²) in [6, 6.07) is 20.5. The predicted octanol–water partition coefficient (Wildman–Crippen LogP) is 7.06.